The molecule has 0 aliphatic heterocycles. The van der Waals surface area contributed by atoms with Gasteiger partial charge in [0, 0.05) is 5.56 Å². The minimum Gasteiger partial charge on any atom is -0.497 e. The Morgan fingerprint density at radius 2 is 1.48 bits per heavy atom. The molecule has 2 heterocycles. The molecule has 0 amide bonds. The van der Waals surface area contributed by atoms with Crippen LogP contribution >= 0.6 is 0 Å². The zero-order valence-corrected chi connectivity index (χ0v) is 16.3. The van der Waals surface area contributed by atoms with Crippen molar-refractivity contribution < 1.29 is 14.2 Å². The van der Waals surface area contributed by atoms with Gasteiger partial charge in [-0.3, -0.25) is 0 Å². The summed E-state index contributed by atoms with van der Waals surface area (Å²) in [5.74, 6) is 2.43. The molecule has 2 aromatic carbocycles. The Hall–Kier alpha value is -3.87. The van der Waals surface area contributed by atoms with Crippen LogP contribution in [0, 0.1) is 0 Å². The predicted molar refractivity (Wildman–Crippen MR) is 112 cm³/mol. The van der Waals surface area contributed by atoms with Crippen LogP contribution in [0.1, 0.15) is 0 Å². The highest BCUT2D eigenvalue weighted by molar-refractivity contribution is 6.01. The number of fused-ring (bicyclic) bond motifs is 1. The lowest BCUT2D eigenvalue weighted by atomic mass is 9.99. The molecule has 2 aromatic heterocycles. The molecule has 0 spiro atoms. The molecule has 4 rings (SSSR count). The van der Waals surface area contributed by atoms with Gasteiger partial charge in [-0.1, -0.05) is 12.1 Å². The highest BCUT2D eigenvalue weighted by Crippen LogP contribution is 2.36. The van der Waals surface area contributed by atoms with Crippen LogP contribution in [0.2, 0.25) is 0 Å². The number of nitrogens with two attached hydrogens (primary N) is 1. The van der Waals surface area contributed by atoms with E-state index in [2.05, 4.69) is 9.97 Å². The molecule has 7 nitrogen and oxygen atoms in total. The number of anilines is 1. The van der Waals surface area contributed by atoms with Crippen LogP contribution in [-0.2, 0) is 0 Å². The number of benzene rings is 2. The SMILES string of the molecule is COc1ccc(-c2cc(-c3ccc(OC)c(OC)c3)nc3ncnc(N)c23)cc1. The van der Waals surface area contributed by atoms with E-state index < -0.39 is 0 Å². The van der Waals surface area contributed by atoms with Crippen LogP contribution in [0.25, 0.3) is 33.4 Å². The Morgan fingerprint density at radius 1 is 0.759 bits per heavy atom. The second-order valence-corrected chi connectivity index (χ2v) is 6.31. The van der Waals surface area contributed by atoms with Gasteiger partial charge in [0.15, 0.2) is 17.1 Å². The van der Waals surface area contributed by atoms with Gasteiger partial charge in [0.05, 0.1) is 32.4 Å². The van der Waals surface area contributed by atoms with E-state index in [-0.39, 0.29) is 0 Å². The summed E-state index contributed by atoms with van der Waals surface area (Å²) in [6, 6.07) is 15.4. The fraction of sp³-hybridized carbons (Fsp3) is 0.136. The van der Waals surface area contributed by atoms with Gasteiger partial charge >= 0.3 is 0 Å². The molecule has 0 atom stereocenters. The molecule has 0 unspecified atom stereocenters. The van der Waals surface area contributed by atoms with Crippen molar-refractivity contribution in [3.63, 3.8) is 0 Å². The first kappa shape index (κ1) is 18.5. The average Bonchev–Trinajstić information content (AvgIpc) is 2.78. The topological polar surface area (TPSA) is 92.4 Å². The maximum atomic E-state index is 6.17. The van der Waals surface area contributed by atoms with Crippen molar-refractivity contribution in [3.05, 3.63) is 54.9 Å². The standard InChI is InChI=1S/C22H20N4O3/c1-27-15-7-4-13(5-8-15)16-11-17(26-22-20(16)21(23)24-12-25-22)14-6-9-18(28-2)19(10-14)29-3/h4-12H,1-3H3,(H2,23,24,25,26). The Balaban J connectivity index is 1.95. The normalized spacial score (nSPS) is 10.7. The van der Waals surface area contributed by atoms with Crippen molar-refractivity contribution in [2.45, 2.75) is 0 Å². The fourth-order valence-corrected chi connectivity index (χ4v) is 3.23. The van der Waals surface area contributed by atoms with E-state index in [1.807, 2.05) is 48.5 Å². The molecule has 29 heavy (non-hydrogen) atoms. The van der Waals surface area contributed by atoms with E-state index in [0.29, 0.717) is 28.4 Å². The molecule has 0 aliphatic rings. The molecule has 0 radical (unpaired) electrons. The largest absolute Gasteiger partial charge is 0.497 e. The third-order valence-corrected chi connectivity index (χ3v) is 4.71. The predicted octanol–water partition coefficient (Wildman–Crippen LogP) is 3.97. The Morgan fingerprint density at radius 3 is 2.17 bits per heavy atom. The maximum Gasteiger partial charge on any atom is 0.165 e. The van der Waals surface area contributed by atoms with E-state index in [4.69, 9.17) is 24.9 Å². The van der Waals surface area contributed by atoms with E-state index in [1.54, 1.807) is 21.3 Å². The molecular formula is C22H20N4O3. The van der Waals surface area contributed by atoms with Crippen molar-refractivity contribution in [1.82, 2.24) is 15.0 Å². The van der Waals surface area contributed by atoms with Crippen LogP contribution < -0.4 is 19.9 Å². The molecule has 0 aliphatic carbocycles. The minimum absolute atomic E-state index is 0.382. The molecule has 0 fully saturated rings. The van der Waals surface area contributed by atoms with Gasteiger partial charge in [-0.15, -0.1) is 0 Å². The second kappa shape index (κ2) is 7.63. The number of hydrogen-bond acceptors (Lipinski definition) is 7. The number of rotatable bonds is 5. The van der Waals surface area contributed by atoms with Crippen LogP contribution in [0.4, 0.5) is 5.82 Å². The summed E-state index contributed by atoms with van der Waals surface area (Å²) in [5, 5.41) is 0.710. The monoisotopic (exact) mass is 388 g/mol. The number of nitrogens with zero attached hydrogens (tertiary/aromatic N) is 3. The van der Waals surface area contributed by atoms with Crippen molar-refractivity contribution in [2.24, 2.45) is 0 Å². The zero-order valence-electron chi connectivity index (χ0n) is 16.3. The van der Waals surface area contributed by atoms with Crippen molar-refractivity contribution in [1.29, 1.82) is 0 Å². The Kier molecular flexibility index (Phi) is 4.87. The summed E-state index contributed by atoms with van der Waals surface area (Å²) in [5.41, 5.74) is 10.2. The van der Waals surface area contributed by atoms with Crippen molar-refractivity contribution in [3.8, 4) is 39.6 Å². The molecule has 2 N–H and O–H groups in total. The zero-order chi connectivity index (χ0) is 20.4. The van der Waals surface area contributed by atoms with Gasteiger partial charge in [-0.05, 0) is 47.5 Å². The lowest BCUT2D eigenvalue weighted by Gasteiger charge is -2.13. The molecule has 0 saturated heterocycles. The smallest absolute Gasteiger partial charge is 0.165 e. The summed E-state index contributed by atoms with van der Waals surface area (Å²) in [7, 11) is 4.84. The van der Waals surface area contributed by atoms with Gasteiger partial charge < -0.3 is 19.9 Å². The van der Waals surface area contributed by atoms with Crippen LogP contribution in [0.15, 0.2) is 54.9 Å². The molecule has 0 bridgehead atoms. The van der Waals surface area contributed by atoms with E-state index in [0.717, 1.165) is 28.1 Å². The summed E-state index contributed by atoms with van der Waals surface area (Å²) < 4.78 is 16.0. The van der Waals surface area contributed by atoms with E-state index in [1.165, 1.54) is 6.33 Å². The first-order chi connectivity index (χ1) is 14.1. The van der Waals surface area contributed by atoms with Gasteiger partial charge in [0.25, 0.3) is 0 Å². The molecule has 0 saturated carbocycles. The highest BCUT2D eigenvalue weighted by Gasteiger charge is 2.15. The first-order valence-corrected chi connectivity index (χ1v) is 8.92. The number of hydrogen-bond donors (Lipinski definition) is 1. The summed E-state index contributed by atoms with van der Waals surface area (Å²) >= 11 is 0. The Labute approximate surface area is 168 Å². The lowest BCUT2D eigenvalue weighted by Crippen LogP contribution is -1.99. The van der Waals surface area contributed by atoms with Crippen molar-refractivity contribution >= 4 is 16.9 Å². The quantitative estimate of drug-likeness (QED) is 0.553. The number of aromatic nitrogens is 3. The third-order valence-electron chi connectivity index (χ3n) is 4.71. The summed E-state index contributed by atoms with van der Waals surface area (Å²) in [6.07, 6.45) is 1.42. The minimum atomic E-state index is 0.382. The number of nitrogen functional groups attached to an aromatic ring is 1. The van der Waals surface area contributed by atoms with Gasteiger partial charge in [0.1, 0.15) is 17.9 Å². The molecule has 7 heteroatoms. The molecular weight excluding hydrogens is 368 g/mol. The lowest BCUT2D eigenvalue weighted by molar-refractivity contribution is 0.355. The van der Waals surface area contributed by atoms with Gasteiger partial charge in [-0.2, -0.15) is 0 Å². The Bertz CT molecular complexity index is 1180. The first-order valence-electron chi connectivity index (χ1n) is 8.92. The van der Waals surface area contributed by atoms with E-state index in [9.17, 15) is 0 Å². The van der Waals surface area contributed by atoms with Crippen LogP contribution in [0.3, 0.4) is 0 Å². The van der Waals surface area contributed by atoms with E-state index >= 15 is 0 Å². The fourth-order valence-electron chi connectivity index (χ4n) is 3.23. The number of pyridine rings is 1. The van der Waals surface area contributed by atoms with Gasteiger partial charge in [-0.25, -0.2) is 15.0 Å². The highest BCUT2D eigenvalue weighted by atomic mass is 16.5. The third kappa shape index (κ3) is 3.38. The average molecular weight is 388 g/mol. The maximum absolute atomic E-state index is 6.17. The second-order valence-electron chi connectivity index (χ2n) is 6.31. The number of ether oxygens (including phenoxy) is 3. The van der Waals surface area contributed by atoms with Crippen LogP contribution in [0.5, 0.6) is 17.2 Å². The molecule has 4 aromatic rings. The van der Waals surface area contributed by atoms with Gasteiger partial charge in [0.2, 0.25) is 0 Å². The number of methoxy groups -OCH3 is 3. The summed E-state index contributed by atoms with van der Waals surface area (Å²) in [6.45, 7) is 0. The summed E-state index contributed by atoms with van der Waals surface area (Å²) in [4.78, 5) is 13.2. The van der Waals surface area contributed by atoms with Crippen molar-refractivity contribution in [2.75, 3.05) is 27.1 Å². The molecule has 146 valence electrons. The van der Waals surface area contributed by atoms with Crippen LogP contribution in [-0.4, -0.2) is 36.3 Å².